The molecule has 134 valence electrons. The predicted octanol–water partition coefficient (Wildman–Crippen LogP) is 2.48. The van der Waals surface area contributed by atoms with Crippen molar-refractivity contribution in [3.63, 3.8) is 0 Å². The Morgan fingerprint density at radius 1 is 0.962 bits per heavy atom. The fraction of sp³-hybridized carbons (Fsp3) is 0.200. The van der Waals surface area contributed by atoms with Gasteiger partial charge in [0.2, 0.25) is 0 Å². The molecule has 0 spiro atoms. The van der Waals surface area contributed by atoms with E-state index in [1.54, 1.807) is 0 Å². The summed E-state index contributed by atoms with van der Waals surface area (Å²) in [6, 6.07) is 15.5. The van der Waals surface area contributed by atoms with E-state index in [4.69, 9.17) is 4.74 Å². The van der Waals surface area contributed by atoms with Gasteiger partial charge in [0.1, 0.15) is 12.3 Å². The molecule has 0 atom stereocenters. The molecule has 6 heteroatoms. The number of carbonyl (C=O) groups excluding carboxylic acids is 2. The van der Waals surface area contributed by atoms with Gasteiger partial charge >= 0.3 is 0 Å². The maximum absolute atomic E-state index is 12.0. The van der Waals surface area contributed by atoms with Gasteiger partial charge in [0.25, 0.3) is 11.8 Å². The second-order valence-electron chi connectivity index (χ2n) is 6.21. The quantitative estimate of drug-likeness (QED) is 0.694. The van der Waals surface area contributed by atoms with Crippen molar-refractivity contribution in [3.8, 4) is 5.75 Å². The first-order valence-corrected chi connectivity index (χ1v) is 8.34. The number of nitrogens with one attached hydrogen (secondary N) is 2. The molecule has 2 aromatic carbocycles. The van der Waals surface area contributed by atoms with E-state index < -0.39 is 5.91 Å². The van der Waals surface area contributed by atoms with Gasteiger partial charge in [-0.15, -0.1) is 0 Å². The Bertz CT molecular complexity index is 926. The lowest BCUT2D eigenvalue weighted by Crippen LogP contribution is -2.45. The minimum Gasteiger partial charge on any atom is -0.484 e. The molecule has 2 amide bonds. The highest BCUT2D eigenvalue weighted by Crippen LogP contribution is 2.16. The van der Waals surface area contributed by atoms with Gasteiger partial charge in [0.15, 0.2) is 6.61 Å². The number of aromatic nitrogens is 1. The number of hydrazine groups is 1. The second kappa shape index (κ2) is 7.74. The maximum Gasteiger partial charge on any atom is 0.276 e. The second-order valence-corrected chi connectivity index (χ2v) is 6.21. The van der Waals surface area contributed by atoms with Crippen LogP contribution in [-0.2, 0) is 16.1 Å². The number of aryl methyl sites for hydroxylation is 2. The number of carbonyl (C=O) groups is 2. The van der Waals surface area contributed by atoms with E-state index in [0.29, 0.717) is 5.75 Å². The number of hydrogen-bond donors (Lipinski definition) is 2. The van der Waals surface area contributed by atoms with Crippen LogP contribution in [0.15, 0.2) is 54.7 Å². The summed E-state index contributed by atoms with van der Waals surface area (Å²) in [5, 5.41) is 1.06. The Morgan fingerprint density at radius 2 is 1.65 bits per heavy atom. The van der Waals surface area contributed by atoms with Crippen LogP contribution in [0.25, 0.3) is 10.9 Å². The van der Waals surface area contributed by atoms with Gasteiger partial charge in [-0.2, -0.15) is 0 Å². The van der Waals surface area contributed by atoms with E-state index in [1.165, 1.54) is 0 Å². The van der Waals surface area contributed by atoms with E-state index in [0.717, 1.165) is 22.0 Å². The number of ether oxygens (including phenoxy) is 1. The molecule has 0 saturated carbocycles. The van der Waals surface area contributed by atoms with E-state index in [-0.39, 0.29) is 19.1 Å². The van der Waals surface area contributed by atoms with Crippen molar-refractivity contribution in [2.24, 2.45) is 0 Å². The lowest BCUT2D eigenvalue weighted by atomic mass is 10.1. The normalized spacial score (nSPS) is 10.5. The standard InChI is InChI=1S/C20H21N3O3/c1-14-9-15(2)11-17(10-14)26-13-20(25)22-21-19(24)12-23-8-7-16-5-3-4-6-18(16)23/h3-11H,12-13H2,1-2H3,(H,21,24)(H,22,25). The van der Waals surface area contributed by atoms with Gasteiger partial charge in [0.05, 0.1) is 0 Å². The van der Waals surface area contributed by atoms with Crippen LogP contribution in [0.3, 0.4) is 0 Å². The molecular weight excluding hydrogens is 330 g/mol. The largest absolute Gasteiger partial charge is 0.484 e. The van der Waals surface area contributed by atoms with E-state index in [1.807, 2.05) is 73.1 Å². The van der Waals surface area contributed by atoms with Crippen molar-refractivity contribution >= 4 is 22.7 Å². The molecule has 26 heavy (non-hydrogen) atoms. The van der Waals surface area contributed by atoms with Crippen molar-refractivity contribution < 1.29 is 14.3 Å². The summed E-state index contributed by atoms with van der Waals surface area (Å²) in [5.74, 6) is -0.108. The van der Waals surface area contributed by atoms with Gasteiger partial charge in [0, 0.05) is 11.7 Å². The molecule has 0 saturated heterocycles. The number of rotatable bonds is 5. The van der Waals surface area contributed by atoms with Crippen molar-refractivity contribution in [2.75, 3.05) is 6.61 Å². The number of para-hydroxylation sites is 1. The fourth-order valence-corrected chi connectivity index (χ4v) is 2.81. The average Bonchev–Trinajstić information content (AvgIpc) is 3.00. The molecule has 2 N–H and O–H groups in total. The maximum atomic E-state index is 12.0. The molecule has 0 aliphatic heterocycles. The Kier molecular flexibility index (Phi) is 5.22. The van der Waals surface area contributed by atoms with Crippen LogP contribution in [0.4, 0.5) is 0 Å². The molecule has 0 fully saturated rings. The van der Waals surface area contributed by atoms with Crippen LogP contribution < -0.4 is 15.6 Å². The number of nitrogens with zero attached hydrogens (tertiary/aromatic N) is 1. The zero-order valence-electron chi connectivity index (χ0n) is 14.8. The third-order valence-corrected chi connectivity index (χ3v) is 3.90. The highest BCUT2D eigenvalue weighted by molar-refractivity contribution is 5.85. The number of fused-ring (bicyclic) bond motifs is 1. The molecule has 0 aliphatic rings. The zero-order valence-corrected chi connectivity index (χ0v) is 14.8. The minimum atomic E-state index is -0.421. The van der Waals surface area contributed by atoms with Gasteiger partial charge in [-0.1, -0.05) is 24.3 Å². The van der Waals surface area contributed by atoms with Crippen LogP contribution in [0, 0.1) is 13.8 Å². The third kappa shape index (κ3) is 4.42. The molecule has 3 aromatic rings. The Labute approximate surface area is 151 Å². The summed E-state index contributed by atoms with van der Waals surface area (Å²) >= 11 is 0. The first kappa shape index (κ1) is 17.5. The van der Waals surface area contributed by atoms with Crippen LogP contribution in [-0.4, -0.2) is 23.0 Å². The molecule has 0 unspecified atom stereocenters. The molecular formula is C20H21N3O3. The first-order valence-electron chi connectivity index (χ1n) is 8.34. The molecule has 0 aliphatic carbocycles. The summed E-state index contributed by atoms with van der Waals surface area (Å²) in [5.41, 5.74) is 7.86. The average molecular weight is 351 g/mol. The smallest absolute Gasteiger partial charge is 0.276 e. The molecule has 1 heterocycles. The summed E-state index contributed by atoms with van der Waals surface area (Å²) in [6.07, 6.45) is 1.84. The monoisotopic (exact) mass is 351 g/mol. The summed E-state index contributed by atoms with van der Waals surface area (Å²) < 4.78 is 7.28. The van der Waals surface area contributed by atoms with Crippen LogP contribution in [0.1, 0.15) is 11.1 Å². The van der Waals surface area contributed by atoms with Crippen LogP contribution in [0.5, 0.6) is 5.75 Å². The highest BCUT2D eigenvalue weighted by atomic mass is 16.5. The van der Waals surface area contributed by atoms with Gasteiger partial charge in [-0.05, 0) is 54.6 Å². The number of hydrogen-bond acceptors (Lipinski definition) is 3. The van der Waals surface area contributed by atoms with E-state index >= 15 is 0 Å². The van der Waals surface area contributed by atoms with E-state index in [2.05, 4.69) is 10.9 Å². The Hall–Kier alpha value is -3.28. The topological polar surface area (TPSA) is 72.4 Å². The third-order valence-electron chi connectivity index (χ3n) is 3.90. The number of amides is 2. The lowest BCUT2D eigenvalue weighted by Gasteiger charge is -2.10. The van der Waals surface area contributed by atoms with Crippen molar-refractivity contribution in [3.05, 3.63) is 65.9 Å². The molecule has 3 rings (SSSR count). The van der Waals surface area contributed by atoms with Crippen molar-refractivity contribution in [1.82, 2.24) is 15.4 Å². The molecule has 0 radical (unpaired) electrons. The van der Waals surface area contributed by atoms with Gasteiger partial charge in [-0.25, -0.2) is 0 Å². The first-order chi connectivity index (χ1) is 12.5. The predicted molar refractivity (Wildman–Crippen MR) is 99.6 cm³/mol. The highest BCUT2D eigenvalue weighted by Gasteiger charge is 2.08. The summed E-state index contributed by atoms with van der Waals surface area (Å²) in [6.45, 7) is 3.87. The zero-order chi connectivity index (χ0) is 18.5. The minimum absolute atomic E-state index is 0.117. The van der Waals surface area contributed by atoms with Gasteiger partial charge < -0.3 is 9.30 Å². The van der Waals surface area contributed by atoms with Gasteiger partial charge in [-0.3, -0.25) is 20.4 Å². The molecule has 6 nitrogen and oxygen atoms in total. The van der Waals surface area contributed by atoms with Crippen molar-refractivity contribution in [2.45, 2.75) is 20.4 Å². The molecule has 1 aromatic heterocycles. The molecule has 0 bridgehead atoms. The van der Waals surface area contributed by atoms with Crippen LogP contribution in [0.2, 0.25) is 0 Å². The SMILES string of the molecule is Cc1cc(C)cc(OCC(=O)NNC(=O)Cn2ccc3ccccc32)c1. The Balaban J connectivity index is 1.47. The summed E-state index contributed by atoms with van der Waals surface area (Å²) in [7, 11) is 0. The van der Waals surface area contributed by atoms with E-state index in [9.17, 15) is 9.59 Å². The van der Waals surface area contributed by atoms with Crippen LogP contribution >= 0.6 is 0 Å². The lowest BCUT2D eigenvalue weighted by molar-refractivity contribution is -0.130. The van der Waals surface area contributed by atoms with Crippen molar-refractivity contribution in [1.29, 1.82) is 0 Å². The summed E-state index contributed by atoms with van der Waals surface area (Å²) in [4.78, 5) is 23.9. The number of benzene rings is 2. The fourth-order valence-electron chi connectivity index (χ4n) is 2.81. The Morgan fingerprint density at radius 3 is 2.42 bits per heavy atom.